The van der Waals surface area contributed by atoms with E-state index in [-0.39, 0.29) is 10.8 Å². The monoisotopic (exact) mass is 475 g/mol. The van der Waals surface area contributed by atoms with E-state index in [0.29, 0.717) is 11.5 Å². The Hall–Kier alpha value is -3.23. The van der Waals surface area contributed by atoms with E-state index in [1.165, 1.54) is 0 Å². The number of fused-ring (bicyclic) bond motifs is 1. The van der Waals surface area contributed by atoms with Crippen LogP contribution in [0.2, 0.25) is 0 Å². The molecule has 0 aliphatic carbocycles. The molecule has 4 rings (SSSR count). The van der Waals surface area contributed by atoms with E-state index in [1.807, 2.05) is 63.2 Å². The van der Waals surface area contributed by atoms with Crippen molar-refractivity contribution < 1.29 is 9.00 Å². The molecular weight excluding hydrogens is 446 g/mol. The molecule has 0 saturated carbocycles. The first-order valence-electron chi connectivity index (χ1n) is 11.4. The number of benzene rings is 1. The molecule has 3 heterocycles. The van der Waals surface area contributed by atoms with Gasteiger partial charge in [-0.25, -0.2) is 18.6 Å². The van der Waals surface area contributed by atoms with Gasteiger partial charge in [0.25, 0.3) is 0 Å². The van der Waals surface area contributed by atoms with Gasteiger partial charge in [0.05, 0.1) is 44.9 Å². The lowest BCUT2D eigenvalue weighted by molar-refractivity contribution is 0.111. The maximum Gasteiger partial charge on any atom is 0.168 e. The third-order valence-corrected chi connectivity index (χ3v) is 7.08. The molecule has 0 fully saturated rings. The lowest BCUT2D eigenvalue weighted by Crippen LogP contribution is -2.36. The molecule has 34 heavy (non-hydrogen) atoms. The average Bonchev–Trinajstić information content (AvgIpc) is 3.26. The highest BCUT2D eigenvalue weighted by Crippen LogP contribution is 2.27. The van der Waals surface area contributed by atoms with Gasteiger partial charge in [0.1, 0.15) is 5.69 Å². The van der Waals surface area contributed by atoms with Crippen molar-refractivity contribution >= 4 is 28.2 Å². The van der Waals surface area contributed by atoms with Crippen LogP contribution < -0.4 is 4.72 Å². The third kappa shape index (κ3) is 5.13. The molecule has 1 unspecified atom stereocenters. The molecule has 0 saturated heterocycles. The molecule has 4 aromatic rings. The molecule has 0 amide bonds. The molecule has 0 aliphatic heterocycles. The van der Waals surface area contributed by atoms with Gasteiger partial charge in [-0.1, -0.05) is 37.6 Å². The molecule has 1 N–H and O–H groups in total. The Labute approximate surface area is 202 Å². The van der Waals surface area contributed by atoms with Crippen molar-refractivity contribution in [2.24, 2.45) is 0 Å². The van der Waals surface area contributed by atoms with Crippen molar-refractivity contribution in [1.29, 1.82) is 0 Å². The molecule has 0 bridgehead atoms. The Kier molecular flexibility index (Phi) is 7.00. The Morgan fingerprint density at radius 2 is 1.88 bits per heavy atom. The Morgan fingerprint density at radius 3 is 2.62 bits per heavy atom. The highest BCUT2D eigenvalue weighted by atomic mass is 32.2. The van der Waals surface area contributed by atoms with Crippen LogP contribution in [-0.2, 0) is 11.0 Å². The quantitative estimate of drug-likeness (QED) is 0.354. The van der Waals surface area contributed by atoms with Crippen molar-refractivity contribution in [2.75, 3.05) is 0 Å². The van der Waals surface area contributed by atoms with Crippen molar-refractivity contribution in [2.45, 2.75) is 51.3 Å². The topological polar surface area (TPSA) is 89.8 Å². The van der Waals surface area contributed by atoms with Crippen LogP contribution >= 0.6 is 0 Å². The van der Waals surface area contributed by atoms with Crippen LogP contribution in [0.3, 0.4) is 0 Å². The van der Waals surface area contributed by atoms with Gasteiger partial charge in [0.2, 0.25) is 0 Å². The van der Waals surface area contributed by atoms with Crippen LogP contribution in [0.5, 0.6) is 0 Å². The number of carbonyl (C=O) groups excluding carboxylic acids is 1. The molecule has 0 aliphatic rings. The summed E-state index contributed by atoms with van der Waals surface area (Å²) < 4.78 is 17.4. The number of hydrogen-bond acceptors (Lipinski definition) is 5. The minimum Gasteiger partial charge on any atom is -0.296 e. The van der Waals surface area contributed by atoms with Gasteiger partial charge in [0, 0.05) is 10.9 Å². The number of pyridine rings is 2. The number of carbonyl (C=O) groups is 1. The van der Waals surface area contributed by atoms with Gasteiger partial charge in [-0.05, 0) is 57.5 Å². The zero-order chi connectivity index (χ0) is 24.3. The summed E-state index contributed by atoms with van der Waals surface area (Å²) in [7, 11) is -1.19. The van der Waals surface area contributed by atoms with Gasteiger partial charge < -0.3 is 0 Å². The van der Waals surface area contributed by atoms with E-state index in [9.17, 15) is 9.00 Å². The molecule has 8 heteroatoms. The minimum absolute atomic E-state index is 0.102. The van der Waals surface area contributed by atoms with Gasteiger partial charge >= 0.3 is 0 Å². The maximum atomic E-state index is 12.7. The highest BCUT2D eigenvalue weighted by Gasteiger charge is 2.24. The Bertz CT molecular complexity index is 1340. The summed E-state index contributed by atoms with van der Waals surface area (Å²) in [6.07, 6.45) is 4.29. The summed E-state index contributed by atoms with van der Waals surface area (Å²) in [5.74, 6) is 0.579. The van der Waals surface area contributed by atoms with Crippen molar-refractivity contribution in [3.63, 3.8) is 0 Å². The van der Waals surface area contributed by atoms with E-state index in [0.717, 1.165) is 47.0 Å². The van der Waals surface area contributed by atoms with Crippen LogP contribution in [0.25, 0.3) is 28.0 Å². The van der Waals surface area contributed by atoms with Crippen LogP contribution in [0, 0.1) is 0 Å². The summed E-state index contributed by atoms with van der Waals surface area (Å²) in [5, 5.41) is 5.44. The normalized spacial score (nSPS) is 13.6. The van der Waals surface area contributed by atoms with Gasteiger partial charge in [-0.3, -0.25) is 9.78 Å². The maximum absolute atomic E-state index is 12.7. The second-order valence-corrected chi connectivity index (χ2v) is 11.2. The lowest BCUT2D eigenvalue weighted by atomic mass is 10.1. The van der Waals surface area contributed by atoms with Crippen LogP contribution in [0.4, 0.5) is 0 Å². The molecule has 1 aromatic carbocycles. The Balaban J connectivity index is 1.71. The second-order valence-electron chi connectivity index (χ2n) is 9.16. The van der Waals surface area contributed by atoms with Gasteiger partial charge in [-0.2, -0.15) is 5.10 Å². The Morgan fingerprint density at radius 1 is 1.09 bits per heavy atom. The fraction of sp³-hybridized carbons (Fsp3) is 0.308. The third-order valence-electron chi connectivity index (χ3n) is 5.47. The second kappa shape index (κ2) is 9.95. The molecule has 3 aromatic heterocycles. The van der Waals surface area contributed by atoms with Crippen molar-refractivity contribution in [1.82, 2.24) is 24.5 Å². The van der Waals surface area contributed by atoms with E-state index >= 15 is 0 Å². The number of rotatable bonds is 8. The van der Waals surface area contributed by atoms with E-state index in [1.54, 1.807) is 23.0 Å². The summed E-state index contributed by atoms with van der Waals surface area (Å²) in [6.45, 7) is 7.99. The highest BCUT2D eigenvalue weighted by molar-refractivity contribution is 7.84. The van der Waals surface area contributed by atoms with E-state index in [4.69, 9.17) is 4.98 Å². The zero-order valence-electron chi connectivity index (χ0n) is 19.9. The molecule has 7 nitrogen and oxygen atoms in total. The van der Waals surface area contributed by atoms with E-state index in [2.05, 4.69) is 21.7 Å². The van der Waals surface area contributed by atoms with Crippen molar-refractivity contribution in [3.05, 3.63) is 72.2 Å². The number of nitrogens with one attached hydrogen (secondary N) is 1. The number of nitrogens with zero attached hydrogens (tertiary/aromatic N) is 4. The number of aldehydes is 1. The SMILES string of the molecule is CCC[C@H](NS(=O)C(C)(C)C)c1cccc(-c2ccc3cnn(-c4cccc(C=O)n4)c3c2)n1. The lowest BCUT2D eigenvalue weighted by Gasteiger charge is -2.24. The zero-order valence-corrected chi connectivity index (χ0v) is 20.7. The van der Waals surface area contributed by atoms with Crippen LogP contribution in [0.15, 0.2) is 60.8 Å². The van der Waals surface area contributed by atoms with Crippen LogP contribution in [0.1, 0.15) is 62.8 Å². The fourth-order valence-electron chi connectivity index (χ4n) is 3.65. The number of hydrogen-bond donors (Lipinski definition) is 1. The summed E-state index contributed by atoms with van der Waals surface area (Å²) in [4.78, 5) is 20.5. The minimum atomic E-state index is -1.19. The fourth-order valence-corrected chi connectivity index (χ4v) is 4.50. The summed E-state index contributed by atoms with van der Waals surface area (Å²) in [5.41, 5.74) is 3.86. The standard InChI is InChI=1S/C26H29N5O2S/c1-5-8-23(30-34(33)26(2,3)4)22-11-7-10-21(29-22)18-13-14-19-16-27-31(24(19)15-18)25-12-6-9-20(17-32)28-25/h6-7,9-17,23,30H,5,8H2,1-4H3/t23-,34?/m0/s1. The molecule has 176 valence electrons. The van der Waals surface area contributed by atoms with E-state index < -0.39 is 11.0 Å². The van der Waals surface area contributed by atoms with Crippen LogP contribution in [-0.4, -0.2) is 35.0 Å². The molecule has 0 spiro atoms. The summed E-state index contributed by atoms with van der Waals surface area (Å²) in [6, 6.07) is 17.2. The van der Waals surface area contributed by atoms with Crippen molar-refractivity contribution in [3.8, 4) is 17.1 Å². The van der Waals surface area contributed by atoms with Gasteiger partial charge in [0.15, 0.2) is 12.1 Å². The first kappa shape index (κ1) is 23.9. The van der Waals surface area contributed by atoms with Gasteiger partial charge in [-0.15, -0.1) is 0 Å². The predicted molar refractivity (Wildman–Crippen MR) is 136 cm³/mol. The molecular formula is C26H29N5O2S. The predicted octanol–water partition coefficient (Wildman–Crippen LogP) is 5.19. The average molecular weight is 476 g/mol. The first-order valence-corrected chi connectivity index (χ1v) is 12.5. The molecule has 2 atom stereocenters. The molecule has 0 radical (unpaired) electrons. The summed E-state index contributed by atoms with van der Waals surface area (Å²) >= 11 is 0. The first-order chi connectivity index (χ1) is 16.3. The largest absolute Gasteiger partial charge is 0.296 e. The smallest absolute Gasteiger partial charge is 0.168 e. The number of aromatic nitrogens is 4.